The van der Waals surface area contributed by atoms with Crippen molar-refractivity contribution in [2.75, 3.05) is 11.9 Å². The van der Waals surface area contributed by atoms with Gasteiger partial charge in [-0.1, -0.05) is 42.8 Å². The Kier molecular flexibility index (Phi) is 5.10. The van der Waals surface area contributed by atoms with Crippen molar-refractivity contribution in [3.63, 3.8) is 0 Å². The largest absolute Gasteiger partial charge is 0.352 e. The molecule has 4 rings (SSSR count). The fourth-order valence-electron chi connectivity index (χ4n) is 3.08. The lowest BCUT2D eigenvalue weighted by molar-refractivity contribution is 0.0939. The van der Waals surface area contributed by atoms with Crippen molar-refractivity contribution in [3.8, 4) is 11.3 Å². The number of carbonyl (C=O) groups excluding carboxylic acids is 1. The Morgan fingerprint density at radius 2 is 1.81 bits per heavy atom. The second kappa shape index (κ2) is 7.99. The summed E-state index contributed by atoms with van der Waals surface area (Å²) >= 11 is 0. The van der Waals surface area contributed by atoms with Crippen molar-refractivity contribution in [3.05, 3.63) is 72.3 Å². The number of aromatic nitrogens is 2. The Labute approximate surface area is 158 Å². The highest BCUT2D eigenvalue weighted by atomic mass is 16.1. The van der Waals surface area contributed by atoms with Gasteiger partial charge in [-0.3, -0.25) is 4.79 Å². The van der Waals surface area contributed by atoms with E-state index in [2.05, 4.69) is 20.8 Å². The lowest BCUT2D eigenvalue weighted by Gasteiger charge is -2.25. The molecule has 1 heterocycles. The van der Waals surface area contributed by atoms with E-state index >= 15 is 0 Å². The number of carbonyl (C=O) groups is 1. The lowest BCUT2D eigenvalue weighted by atomic mass is 9.85. The van der Waals surface area contributed by atoms with Gasteiger partial charge in [0.05, 0.1) is 5.69 Å². The zero-order chi connectivity index (χ0) is 18.5. The molecule has 0 aliphatic heterocycles. The molecular formula is C22H22N4O. The third-order valence-electron chi connectivity index (χ3n) is 4.91. The molecule has 0 bridgehead atoms. The van der Waals surface area contributed by atoms with Crippen LogP contribution in [-0.2, 0) is 0 Å². The van der Waals surface area contributed by atoms with Crippen LogP contribution < -0.4 is 10.6 Å². The molecule has 136 valence electrons. The third kappa shape index (κ3) is 4.31. The van der Waals surface area contributed by atoms with Crippen LogP contribution in [0.15, 0.2) is 66.7 Å². The Morgan fingerprint density at radius 1 is 0.963 bits per heavy atom. The number of hydrogen-bond acceptors (Lipinski definition) is 4. The number of nitrogens with zero attached hydrogens (tertiary/aromatic N) is 2. The highest BCUT2D eigenvalue weighted by molar-refractivity contribution is 5.95. The van der Waals surface area contributed by atoms with E-state index in [1.54, 1.807) is 0 Å². The molecule has 5 nitrogen and oxygen atoms in total. The van der Waals surface area contributed by atoms with Crippen molar-refractivity contribution in [1.29, 1.82) is 0 Å². The Morgan fingerprint density at radius 3 is 2.52 bits per heavy atom. The van der Waals surface area contributed by atoms with Gasteiger partial charge in [0.15, 0.2) is 5.82 Å². The van der Waals surface area contributed by atoms with Crippen LogP contribution in [0.3, 0.4) is 0 Å². The van der Waals surface area contributed by atoms with Crippen LogP contribution in [0, 0.1) is 5.92 Å². The first kappa shape index (κ1) is 17.2. The summed E-state index contributed by atoms with van der Waals surface area (Å²) < 4.78 is 0. The van der Waals surface area contributed by atoms with Crippen molar-refractivity contribution < 1.29 is 4.79 Å². The summed E-state index contributed by atoms with van der Waals surface area (Å²) in [5.41, 5.74) is 3.31. The van der Waals surface area contributed by atoms with Gasteiger partial charge in [0.25, 0.3) is 5.91 Å². The molecule has 2 N–H and O–H groups in total. The molecule has 27 heavy (non-hydrogen) atoms. The van der Waals surface area contributed by atoms with Gasteiger partial charge in [-0.25, -0.2) is 0 Å². The summed E-state index contributed by atoms with van der Waals surface area (Å²) in [6, 6.07) is 21.2. The Bertz CT molecular complexity index is 905. The first-order chi connectivity index (χ1) is 13.3. The Balaban J connectivity index is 1.41. The van der Waals surface area contributed by atoms with Crippen LogP contribution in [0.5, 0.6) is 0 Å². The maximum Gasteiger partial charge on any atom is 0.251 e. The summed E-state index contributed by atoms with van der Waals surface area (Å²) in [4.78, 5) is 12.3. The van der Waals surface area contributed by atoms with Gasteiger partial charge >= 0.3 is 0 Å². The molecule has 2 aromatic carbocycles. The van der Waals surface area contributed by atoms with Gasteiger partial charge in [0.2, 0.25) is 0 Å². The van der Waals surface area contributed by atoms with E-state index in [1.807, 2.05) is 66.7 Å². The second-order valence-electron chi connectivity index (χ2n) is 6.88. The van der Waals surface area contributed by atoms with E-state index in [-0.39, 0.29) is 5.91 Å². The number of amides is 1. The summed E-state index contributed by atoms with van der Waals surface area (Å²) in [6.45, 7) is 0.767. The minimum atomic E-state index is -0.0314. The monoisotopic (exact) mass is 358 g/mol. The van der Waals surface area contributed by atoms with E-state index in [0.29, 0.717) is 17.3 Å². The number of rotatable bonds is 6. The average Bonchev–Trinajstić information content (AvgIpc) is 2.68. The molecule has 0 spiro atoms. The smallest absolute Gasteiger partial charge is 0.251 e. The molecule has 5 heteroatoms. The van der Waals surface area contributed by atoms with E-state index in [4.69, 9.17) is 0 Å². The first-order valence-corrected chi connectivity index (χ1v) is 9.32. The fourth-order valence-corrected chi connectivity index (χ4v) is 3.08. The fraction of sp³-hybridized carbons (Fsp3) is 0.227. The van der Waals surface area contributed by atoms with E-state index in [1.165, 1.54) is 19.3 Å². The van der Waals surface area contributed by atoms with Gasteiger partial charge in [-0.2, -0.15) is 0 Å². The Hall–Kier alpha value is -3.21. The van der Waals surface area contributed by atoms with Crippen LogP contribution >= 0.6 is 0 Å². The van der Waals surface area contributed by atoms with Crippen molar-refractivity contribution in [2.45, 2.75) is 19.3 Å². The number of hydrogen-bond donors (Lipinski definition) is 2. The quantitative estimate of drug-likeness (QED) is 0.685. The maximum atomic E-state index is 12.3. The molecule has 0 atom stereocenters. The predicted octanol–water partition coefficient (Wildman–Crippen LogP) is 4.42. The number of nitrogens with one attached hydrogen (secondary N) is 2. The van der Waals surface area contributed by atoms with Gasteiger partial charge < -0.3 is 10.6 Å². The van der Waals surface area contributed by atoms with Crippen LogP contribution in [-0.4, -0.2) is 22.6 Å². The number of benzene rings is 2. The maximum absolute atomic E-state index is 12.3. The predicted molar refractivity (Wildman–Crippen MR) is 107 cm³/mol. The average molecular weight is 358 g/mol. The SMILES string of the molecule is O=C(NCC1CCC1)c1cccc(Nc2ccc(-c3ccccc3)nn2)c1. The zero-order valence-corrected chi connectivity index (χ0v) is 15.1. The van der Waals surface area contributed by atoms with Crippen molar-refractivity contribution in [1.82, 2.24) is 15.5 Å². The van der Waals surface area contributed by atoms with E-state index in [0.717, 1.165) is 23.5 Å². The van der Waals surface area contributed by atoms with Gasteiger partial charge in [0.1, 0.15) is 0 Å². The lowest BCUT2D eigenvalue weighted by Crippen LogP contribution is -2.32. The van der Waals surface area contributed by atoms with Gasteiger partial charge in [-0.05, 0) is 49.1 Å². The molecule has 1 aliphatic carbocycles. The third-order valence-corrected chi connectivity index (χ3v) is 4.91. The normalized spacial score (nSPS) is 13.6. The molecule has 1 saturated carbocycles. The molecule has 1 aliphatic rings. The van der Waals surface area contributed by atoms with Crippen LogP contribution in [0.1, 0.15) is 29.6 Å². The van der Waals surface area contributed by atoms with E-state index < -0.39 is 0 Å². The van der Waals surface area contributed by atoms with Crippen LogP contribution in [0.25, 0.3) is 11.3 Å². The summed E-state index contributed by atoms with van der Waals surface area (Å²) in [6.07, 6.45) is 3.73. The summed E-state index contributed by atoms with van der Waals surface area (Å²) in [5, 5.41) is 14.8. The summed E-state index contributed by atoms with van der Waals surface area (Å²) in [7, 11) is 0. The first-order valence-electron chi connectivity index (χ1n) is 9.32. The standard InChI is InChI=1S/C22H22N4O/c27-22(23-15-16-6-4-7-16)18-10-5-11-19(14-18)24-21-13-12-20(25-26-21)17-8-2-1-3-9-17/h1-3,5,8-14,16H,4,6-7,15H2,(H,23,27)(H,24,26). The molecule has 3 aromatic rings. The van der Waals surface area contributed by atoms with Gasteiger partial charge in [-0.15, -0.1) is 10.2 Å². The molecule has 0 unspecified atom stereocenters. The minimum absolute atomic E-state index is 0.0314. The molecule has 0 radical (unpaired) electrons. The molecule has 1 amide bonds. The highest BCUT2D eigenvalue weighted by Gasteiger charge is 2.18. The van der Waals surface area contributed by atoms with Crippen LogP contribution in [0.2, 0.25) is 0 Å². The summed E-state index contributed by atoms with van der Waals surface area (Å²) in [5.74, 6) is 1.26. The van der Waals surface area contributed by atoms with Gasteiger partial charge in [0, 0.05) is 23.4 Å². The van der Waals surface area contributed by atoms with E-state index in [9.17, 15) is 4.79 Å². The molecule has 0 saturated heterocycles. The van der Waals surface area contributed by atoms with Crippen molar-refractivity contribution >= 4 is 17.4 Å². The molecule has 1 aromatic heterocycles. The minimum Gasteiger partial charge on any atom is -0.352 e. The molecular weight excluding hydrogens is 336 g/mol. The zero-order valence-electron chi connectivity index (χ0n) is 15.1. The molecule has 1 fully saturated rings. The second-order valence-corrected chi connectivity index (χ2v) is 6.88. The van der Waals surface area contributed by atoms with Crippen molar-refractivity contribution in [2.24, 2.45) is 5.92 Å². The van der Waals surface area contributed by atoms with Crippen LogP contribution in [0.4, 0.5) is 11.5 Å². The topological polar surface area (TPSA) is 66.9 Å². The number of anilines is 2. The highest BCUT2D eigenvalue weighted by Crippen LogP contribution is 2.25.